The fourth-order valence-electron chi connectivity index (χ4n) is 1.41. The number of rotatable bonds is 2. The molecule has 0 atom stereocenters. The van der Waals surface area contributed by atoms with Crippen LogP contribution in [0.1, 0.15) is 5.56 Å². The second kappa shape index (κ2) is 4.80. The Kier molecular flexibility index (Phi) is 3.20. The van der Waals surface area contributed by atoms with Crippen LogP contribution in [-0.2, 0) is 0 Å². The summed E-state index contributed by atoms with van der Waals surface area (Å²) in [6, 6.07) is 7.96. The molecule has 0 bridgehead atoms. The van der Waals surface area contributed by atoms with Gasteiger partial charge >= 0.3 is 0 Å². The van der Waals surface area contributed by atoms with Gasteiger partial charge in [-0.15, -0.1) is 0 Å². The van der Waals surface area contributed by atoms with Gasteiger partial charge in [-0.2, -0.15) is 5.26 Å². The minimum Gasteiger partial charge on any atom is -0.456 e. The molecule has 0 saturated heterocycles. The Morgan fingerprint density at radius 2 is 1.67 bits per heavy atom. The number of nitrogens with zero attached hydrogens (tertiary/aromatic N) is 1. The van der Waals surface area contributed by atoms with E-state index in [1.807, 2.05) is 0 Å². The molecular formula is C13H6F3NO. The smallest absolute Gasteiger partial charge is 0.148 e. The summed E-state index contributed by atoms with van der Waals surface area (Å²) in [4.78, 5) is 0. The van der Waals surface area contributed by atoms with Crippen molar-refractivity contribution >= 4 is 0 Å². The predicted molar refractivity (Wildman–Crippen MR) is 57.5 cm³/mol. The van der Waals surface area contributed by atoms with E-state index in [9.17, 15) is 13.2 Å². The Morgan fingerprint density at radius 1 is 1.00 bits per heavy atom. The van der Waals surface area contributed by atoms with Gasteiger partial charge < -0.3 is 4.74 Å². The molecule has 2 aromatic carbocycles. The summed E-state index contributed by atoms with van der Waals surface area (Å²) in [7, 11) is 0. The standard InChI is InChI=1S/C13H6F3NO/c14-8-4-9(15)6-10(5-8)18-13-3-1-2-12(16)11(13)7-17/h1-6H. The third kappa shape index (κ3) is 2.43. The Bertz CT molecular complexity index is 614. The highest BCUT2D eigenvalue weighted by Gasteiger charge is 2.10. The number of nitriles is 1. The quantitative estimate of drug-likeness (QED) is 0.811. The van der Waals surface area contributed by atoms with Crippen LogP contribution < -0.4 is 4.74 Å². The molecule has 2 rings (SSSR count). The largest absolute Gasteiger partial charge is 0.456 e. The number of halogens is 3. The molecule has 0 spiro atoms. The lowest BCUT2D eigenvalue weighted by atomic mass is 10.2. The van der Waals surface area contributed by atoms with Crippen molar-refractivity contribution in [3.63, 3.8) is 0 Å². The van der Waals surface area contributed by atoms with Gasteiger partial charge in [0.15, 0.2) is 0 Å². The van der Waals surface area contributed by atoms with Gasteiger partial charge in [0.05, 0.1) is 0 Å². The molecule has 2 aromatic rings. The van der Waals surface area contributed by atoms with Gasteiger partial charge in [-0.3, -0.25) is 0 Å². The maximum absolute atomic E-state index is 13.3. The molecule has 2 nitrogen and oxygen atoms in total. The Morgan fingerprint density at radius 3 is 2.28 bits per heavy atom. The van der Waals surface area contributed by atoms with Crippen LogP contribution in [0.15, 0.2) is 36.4 Å². The van der Waals surface area contributed by atoms with E-state index in [1.54, 1.807) is 6.07 Å². The lowest BCUT2D eigenvalue weighted by Crippen LogP contribution is -1.92. The zero-order chi connectivity index (χ0) is 13.1. The summed E-state index contributed by atoms with van der Waals surface area (Å²) in [5, 5.41) is 8.77. The average Bonchev–Trinajstić information content (AvgIpc) is 2.27. The third-order valence-electron chi connectivity index (χ3n) is 2.15. The molecule has 0 aliphatic heterocycles. The zero-order valence-corrected chi connectivity index (χ0v) is 8.95. The minimum absolute atomic E-state index is 0.0949. The fraction of sp³-hybridized carbons (Fsp3) is 0. The van der Waals surface area contributed by atoms with E-state index in [4.69, 9.17) is 10.00 Å². The topological polar surface area (TPSA) is 33.0 Å². The number of benzene rings is 2. The van der Waals surface area contributed by atoms with Gasteiger partial charge in [0, 0.05) is 18.2 Å². The normalized spacial score (nSPS) is 9.89. The van der Waals surface area contributed by atoms with E-state index in [0.29, 0.717) is 6.07 Å². The second-order valence-electron chi connectivity index (χ2n) is 3.43. The van der Waals surface area contributed by atoms with Gasteiger partial charge in [-0.1, -0.05) is 6.07 Å². The highest BCUT2D eigenvalue weighted by molar-refractivity contribution is 5.46. The summed E-state index contributed by atoms with van der Waals surface area (Å²) in [6.07, 6.45) is 0. The van der Waals surface area contributed by atoms with Crippen molar-refractivity contribution in [3.8, 4) is 17.6 Å². The third-order valence-corrected chi connectivity index (χ3v) is 2.15. The van der Waals surface area contributed by atoms with Crippen molar-refractivity contribution in [3.05, 3.63) is 59.4 Å². The van der Waals surface area contributed by atoms with Crippen LogP contribution in [0.5, 0.6) is 11.5 Å². The molecule has 0 aliphatic carbocycles. The maximum Gasteiger partial charge on any atom is 0.148 e. The molecule has 0 heterocycles. The Balaban J connectivity index is 2.40. The van der Waals surface area contributed by atoms with Gasteiger partial charge in [0.25, 0.3) is 0 Å². The van der Waals surface area contributed by atoms with Crippen LogP contribution in [0.25, 0.3) is 0 Å². The summed E-state index contributed by atoms with van der Waals surface area (Å²) in [5.41, 5.74) is -0.317. The van der Waals surface area contributed by atoms with E-state index in [-0.39, 0.29) is 17.1 Å². The van der Waals surface area contributed by atoms with Gasteiger partial charge in [-0.25, -0.2) is 13.2 Å². The summed E-state index contributed by atoms with van der Waals surface area (Å²) >= 11 is 0. The number of ether oxygens (including phenoxy) is 1. The first-order chi connectivity index (χ1) is 8.60. The summed E-state index contributed by atoms with van der Waals surface area (Å²) in [5.74, 6) is -2.64. The molecule has 0 unspecified atom stereocenters. The fourth-order valence-corrected chi connectivity index (χ4v) is 1.41. The predicted octanol–water partition coefficient (Wildman–Crippen LogP) is 3.77. The first-order valence-corrected chi connectivity index (χ1v) is 4.92. The van der Waals surface area contributed by atoms with Gasteiger partial charge in [0.1, 0.15) is 40.6 Å². The molecule has 0 aliphatic rings. The minimum atomic E-state index is -0.820. The van der Waals surface area contributed by atoms with Crippen molar-refractivity contribution < 1.29 is 17.9 Å². The number of hydrogen-bond donors (Lipinski definition) is 0. The lowest BCUT2D eigenvalue weighted by Gasteiger charge is -2.07. The van der Waals surface area contributed by atoms with Crippen LogP contribution in [0.3, 0.4) is 0 Å². The molecule has 0 aromatic heterocycles. The molecule has 90 valence electrons. The molecule has 0 fully saturated rings. The average molecular weight is 249 g/mol. The van der Waals surface area contributed by atoms with Crippen molar-refractivity contribution in [1.29, 1.82) is 5.26 Å². The summed E-state index contributed by atoms with van der Waals surface area (Å²) in [6.45, 7) is 0. The Labute approximate surface area is 101 Å². The molecule has 0 amide bonds. The first-order valence-electron chi connectivity index (χ1n) is 4.92. The van der Waals surface area contributed by atoms with E-state index in [1.165, 1.54) is 12.1 Å². The molecule has 18 heavy (non-hydrogen) atoms. The Hall–Kier alpha value is -2.48. The maximum atomic E-state index is 13.3. The summed E-state index contributed by atoms with van der Waals surface area (Å²) < 4.78 is 44.2. The first kappa shape index (κ1) is 12.0. The molecular weight excluding hydrogens is 243 g/mol. The van der Waals surface area contributed by atoms with Crippen molar-refractivity contribution in [2.75, 3.05) is 0 Å². The molecule has 0 saturated carbocycles. The number of hydrogen-bond acceptors (Lipinski definition) is 2. The highest BCUT2D eigenvalue weighted by atomic mass is 19.1. The monoisotopic (exact) mass is 249 g/mol. The van der Waals surface area contributed by atoms with Crippen molar-refractivity contribution in [1.82, 2.24) is 0 Å². The van der Waals surface area contributed by atoms with E-state index in [2.05, 4.69) is 0 Å². The van der Waals surface area contributed by atoms with Crippen LogP contribution in [-0.4, -0.2) is 0 Å². The van der Waals surface area contributed by atoms with Crippen LogP contribution in [0, 0.1) is 28.8 Å². The molecule has 0 radical (unpaired) electrons. The molecule has 5 heteroatoms. The van der Waals surface area contributed by atoms with Gasteiger partial charge in [0.2, 0.25) is 0 Å². The van der Waals surface area contributed by atoms with E-state index >= 15 is 0 Å². The van der Waals surface area contributed by atoms with Crippen LogP contribution in [0.2, 0.25) is 0 Å². The highest BCUT2D eigenvalue weighted by Crippen LogP contribution is 2.27. The van der Waals surface area contributed by atoms with E-state index < -0.39 is 17.5 Å². The van der Waals surface area contributed by atoms with Gasteiger partial charge in [-0.05, 0) is 12.1 Å². The van der Waals surface area contributed by atoms with Crippen molar-refractivity contribution in [2.45, 2.75) is 0 Å². The SMILES string of the molecule is N#Cc1c(F)cccc1Oc1cc(F)cc(F)c1. The molecule has 0 N–H and O–H groups in total. The lowest BCUT2D eigenvalue weighted by molar-refractivity contribution is 0.462. The van der Waals surface area contributed by atoms with Crippen LogP contribution in [0.4, 0.5) is 13.2 Å². The van der Waals surface area contributed by atoms with Crippen LogP contribution >= 0.6 is 0 Å². The van der Waals surface area contributed by atoms with E-state index in [0.717, 1.165) is 18.2 Å². The second-order valence-corrected chi connectivity index (χ2v) is 3.43. The zero-order valence-electron chi connectivity index (χ0n) is 8.95. The van der Waals surface area contributed by atoms with Crippen molar-refractivity contribution in [2.24, 2.45) is 0 Å².